The lowest BCUT2D eigenvalue weighted by atomic mass is 10.1. The molecule has 0 saturated heterocycles. The third kappa shape index (κ3) is 3.79. The number of H-pyrrole nitrogens is 1. The Morgan fingerprint density at radius 2 is 2.20 bits per heavy atom. The van der Waals surface area contributed by atoms with Crippen LogP contribution in [0.5, 0.6) is 0 Å². The van der Waals surface area contributed by atoms with Gasteiger partial charge < -0.3 is 10.1 Å². The Labute approximate surface area is 150 Å². The molecule has 0 spiro atoms. The van der Waals surface area contributed by atoms with Crippen LogP contribution in [0.25, 0.3) is 10.6 Å². The summed E-state index contributed by atoms with van der Waals surface area (Å²) in [6, 6.07) is 12.1. The quantitative estimate of drug-likeness (QED) is 0.527. The molecule has 3 aromatic rings. The van der Waals surface area contributed by atoms with Crippen molar-refractivity contribution in [2.24, 2.45) is 0 Å². The Kier molecular flexibility index (Phi) is 4.97. The minimum Gasteiger partial charge on any atom is -0.478 e. The van der Waals surface area contributed by atoms with Crippen LogP contribution in [-0.2, 0) is 5.75 Å². The predicted molar refractivity (Wildman–Crippen MR) is 95.8 cm³/mol. The first-order valence-corrected chi connectivity index (χ1v) is 8.98. The van der Waals surface area contributed by atoms with E-state index in [2.05, 4.69) is 9.97 Å². The van der Waals surface area contributed by atoms with Crippen LogP contribution in [0.15, 0.2) is 51.7 Å². The van der Waals surface area contributed by atoms with Gasteiger partial charge in [0.2, 0.25) is 0 Å². The zero-order chi connectivity index (χ0) is 17.8. The predicted octanol–water partition coefficient (Wildman–Crippen LogP) is 3.36. The number of hydrogen-bond acceptors (Lipinski definition) is 6. The van der Waals surface area contributed by atoms with Crippen molar-refractivity contribution < 1.29 is 9.90 Å². The second-order valence-corrected chi connectivity index (χ2v) is 6.89. The van der Waals surface area contributed by atoms with E-state index in [-0.39, 0.29) is 11.1 Å². The lowest BCUT2D eigenvalue weighted by molar-refractivity contribution is 0.0697. The van der Waals surface area contributed by atoms with Crippen LogP contribution in [0.4, 0.5) is 0 Å². The Morgan fingerprint density at radius 1 is 1.36 bits per heavy atom. The van der Waals surface area contributed by atoms with Crippen molar-refractivity contribution in [3.63, 3.8) is 0 Å². The average Bonchev–Trinajstić information content (AvgIpc) is 3.14. The fourth-order valence-electron chi connectivity index (χ4n) is 2.16. The summed E-state index contributed by atoms with van der Waals surface area (Å²) in [5.74, 6) is -0.545. The fourth-order valence-corrected chi connectivity index (χ4v) is 3.69. The highest BCUT2D eigenvalue weighted by atomic mass is 32.2. The molecule has 0 amide bonds. The van der Waals surface area contributed by atoms with Crippen LogP contribution in [0.2, 0.25) is 0 Å². The molecule has 0 saturated carbocycles. The van der Waals surface area contributed by atoms with Crippen molar-refractivity contribution in [2.75, 3.05) is 0 Å². The summed E-state index contributed by atoms with van der Waals surface area (Å²) in [4.78, 5) is 30.9. The van der Waals surface area contributed by atoms with Crippen LogP contribution in [0.1, 0.15) is 21.5 Å². The highest BCUT2D eigenvalue weighted by Crippen LogP contribution is 2.27. The number of benzene rings is 1. The number of rotatable bonds is 5. The summed E-state index contributed by atoms with van der Waals surface area (Å²) in [7, 11) is 0. The second kappa shape index (κ2) is 7.34. The Hall–Kier alpha value is -2.89. The number of carbonyl (C=O) groups is 1. The van der Waals surface area contributed by atoms with Gasteiger partial charge in [-0.05, 0) is 29.1 Å². The molecule has 0 atom stereocenters. The van der Waals surface area contributed by atoms with Gasteiger partial charge in [-0.1, -0.05) is 30.0 Å². The Bertz CT molecular complexity index is 1020. The molecule has 124 valence electrons. The lowest BCUT2D eigenvalue weighted by Gasteiger charge is -2.05. The average molecular weight is 369 g/mol. The maximum absolute atomic E-state index is 12.1. The maximum atomic E-state index is 12.1. The third-order valence-electron chi connectivity index (χ3n) is 3.31. The lowest BCUT2D eigenvalue weighted by Crippen LogP contribution is -2.14. The summed E-state index contributed by atoms with van der Waals surface area (Å²) in [6.07, 6.45) is 0. The van der Waals surface area contributed by atoms with E-state index in [1.165, 1.54) is 29.2 Å². The molecule has 2 N–H and O–H groups in total. The van der Waals surface area contributed by atoms with Crippen molar-refractivity contribution in [1.29, 1.82) is 5.26 Å². The number of hydrogen-bond donors (Lipinski definition) is 2. The van der Waals surface area contributed by atoms with Gasteiger partial charge in [-0.2, -0.15) is 5.26 Å². The fraction of sp³-hybridized carbons (Fsp3) is 0.0588. The Balaban J connectivity index is 1.89. The van der Waals surface area contributed by atoms with Gasteiger partial charge in [0, 0.05) is 5.75 Å². The number of aromatic amines is 1. The zero-order valence-electron chi connectivity index (χ0n) is 12.7. The number of nitriles is 1. The summed E-state index contributed by atoms with van der Waals surface area (Å²) in [6.45, 7) is 0. The van der Waals surface area contributed by atoms with Crippen molar-refractivity contribution in [3.05, 3.63) is 68.8 Å². The molecule has 0 aliphatic rings. The molecular formula is C17H11N3O3S2. The van der Waals surface area contributed by atoms with Crippen LogP contribution in [0.3, 0.4) is 0 Å². The van der Waals surface area contributed by atoms with Crippen molar-refractivity contribution in [1.82, 2.24) is 9.97 Å². The van der Waals surface area contributed by atoms with E-state index in [9.17, 15) is 14.9 Å². The van der Waals surface area contributed by atoms with E-state index < -0.39 is 11.5 Å². The number of thiophene rings is 1. The molecule has 3 rings (SSSR count). The van der Waals surface area contributed by atoms with E-state index >= 15 is 0 Å². The molecule has 0 fully saturated rings. The number of carboxylic acid groups (broad SMARTS) is 1. The van der Waals surface area contributed by atoms with Crippen LogP contribution < -0.4 is 5.56 Å². The first-order chi connectivity index (χ1) is 12.1. The molecule has 0 radical (unpaired) electrons. The molecular weight excluding hydrogens is 358 g/mol. The largest absolute Gasteiger partial charge is 0.478 e. The number of thioether (sulfide) groups is 1. The van der Waals surface area contributed by atoms with E-state index in [4.69, 9.17) is 5.11 Å². The minimum atomic E-state index is -0.989. The molecule has 25 heavy (non-hydrogen) atoms. The first kappa shape index (κ1) is 17.0. The first-order valence-electron chi connectivity index (χ1n) is 7.12. The second-order valence-electron chi connectivity index (χ2n) is 4.98. The molecule has 0 bridgehead atoms. The maximum Gasteiger partial charge on any atom is 0.335 e. The monoisotopic (exact) mass is 369 g/mol. The van der Waals surface area contributed by atoms with Crippen molar-refractivity contribution >= 4 is 29.1 Å². The van der Waals surface area contributed by atoms with E-state index in [0.717, 1.165) is 10.4 Å². The number of nitrogens with one attached hydrogen (secondary N) is 1. The highest BCUT2D eigenvalue weighted by molar-refractivity contribution is 7.98. The number of nitrogens with zero attached hydrogens (tertiary/aromatic N) is 2. The van der Waals surface area contributed by atoms with Crippen LogP contribution in [-0.4, -0.2) is 21.0 Å². The number of carboxylic acids is 1. The standard InChI is InChI=1S/C17H11N3O3S2/c18-8-12-14(13-5-2-6-24-13)19-17(20-15(12)21)25-9-10-3-1-4-11(7-10)16(22)23/h1-7H,9H2,(H,22,23)(H,19,20,21). The summed E-state index contributed by atoms with van der Waals surface area (Å²) >= 11 is 2.68. The Morgan fingerprint density at radius 3 is 2.88 bits per heavy atom. The molecule has 2 heterocycles. The molecule has 1 aromatic carbocycles. The van der Waals surface area contributed by atoms with Gasteiger partial charge in [-0.25, -0.2) is 9.78 Å². The van der Waals surface area contributed by atoms with Gasteiger partial charge in [-0.15, -0.1) is 11.3 Å². The van der Waals surface area contributed by atoms with Gasteiger partial charge in [0.15, 0.2) is 5.16 Å². The van der Waals surface area contributed by atoms with E-state index in [0.29, 0.717) is 16.6 Å². The van der Waals surface area contributed by atoms with Crippen LogP contribution >= 0.6 is 23.1 Å². The van der Waals surface area contributed by atoms with Gasteiger partial charge in [0.05, 0.1) is 10.4 Å². The van der Waals surface area contributed by atoms with E-state index in [1.807, 2.05) is 17.5 Å². The van der Waals surface area contributed by atoms with E-state index in [1.54, 1.807) is 24.3 Å². The molecule has 2 aromatic heterocycles. The van der Waals surface area contributed by atoms with Crippen molar-refractivity contribution in [2.45, 2.75) is 10.9 Å². The normalized spacial score (nSPS) is 10.4. The molecule has 0 unspecified atom stereocenters. The summed E-state index contributed by atoms with van der Waals surface area (Å²) in [5.41, 5.74) is 0.874. The molecule has 0 aliphatic carbocycles. The van der Waals surface area contributed by atoms with Crippen molar-refractivity contribution in [3.8, 4) is 16.6 Å². The van der Waals surface area contributed by atoms with Gasteiger partial charge in [0.25, 0.3) is 5.56 Å². The van der Waals surface area contributed by atoms with Gasteiger partial charge in [0.1, 0.15) is 17.3 Å². The number of aromatic nitrogens is 2. The van der Waals surface area contributed by atoms with Gasteiger partial charge in [-0.3, -0.25) is 4.79 Å². The molecule has 8 heteroatoms. The topological polar surface area (TPSA) is 107 Å². The van der Waals surface area contributed by atoms with Gasteiger partial charge >= 0.3 is 5.97 Å². The smallest absolute Gasteiger partial charge is 0.335 e. The number of aromatic carboxylic acids is 1. The zero-order valence-corrected chi connectivity index (χ0v) is 14.4. The van der Waals surface area contributed by atoms with Crippen LogP contribution in [0, 0.1) is 11.3 Å². The summed E-state index contributed by atoms with van der Waals surface area (Å²) in [5, 5.41) is 20.5. The highest BCUT2D eigenvalue weighted by Gasteiger charge is 2.14. The molecule has 6 nitrogen and oxygen atoms in total. The minimum absolute atomic E-state index is 0.0142. The third-order valence-corrected chi connectivity index (χ3v) is 5.13. The summed E-state index contributed by atoms with van der Waals surface area (Å²) < 4.78 is 0. The molecule has 0 aliphatic heterocycles. The SMILES string of the molecule is N#Cc1c(-c2cccs2)nc(SCc2cccc(C(=O)O)c2)[nH]c1=O.